The molecule has 0 bridgehead atoms. The van der Waals surface area contributed by atoms with Gasteiger partial charge in [0.25, 0.3) is 0 Å². The van der Waals surface area contributed by atoms with E-state index < -0.39 is 0 Å². The van der Waals surface area contributed by atoms with E-state index in [1.165, 1.54) is 24.1 Å². The standard InChI is InChI=1S/C14H26N4/c1-10-12(11(2)18-17-10)6-5-8-15-13-7-9-16-14(13,3)4/h13,15-16H,5-9H2,1-4H3,(H,17,18)/t13-/m0/s1. The molecule has 2 rings (SSSR count). The lowest BCUT2D eigenvalue weighted by atomic mass is 9.97. The molecule has 0 aromatic carbocycles. The van der Waals surface area contributed by atoms with Gasteiger partial charge in [-0.1, -0.05) is 0 Å². The molecule has 18 heavy (non-hydrogen) atoms. The Balaban J connectivity index is 1.74. The van der Waals surface area contributed by atoms with Crippen molar-refractivity contribution in [2.75, 3.05) is 13.1 Å². The second kappa shape index (κ2) is 5.41. The number of hydrogen-bond acceptors (Lipinski definition) is 3. The SMILES string of the molecule is Cc1n[nH]c(C)c1CCCN[C@H]1CCNC1(C)C. The molecular formula is C14H26N4. The van der Waals surface area contributed by atoms with Crippen molar-refractivity contribution in [1.29, 1.82) is 0 Å². The van der Waals surface area contributed by atoms with Gasteiger partial charge in [-0.25, -0.2) is 0 Å². The number of hydrogen-bond donors (Lipinski definition) is 3. The number of nitrogens with zero attached hydrogens (tertiary/aromatic N) is 1. The molecule has 3 N–H and O–H groups in total. The molecule has 1 fully saturated rings. The molecule has 1 atom stereocenters. The number of aromatic nitrogens is 2. The minimum absolute atomic E-state index is 0.238. The van der Waals surface area contributed by atoms with E-state index in [9.17, 15) is 0 Å². The molecule has 0 unspecified atom stereocenters. The summed E-state index contributed by atoms with van der Waals surface area (Å²) >= 11 is 0. The van der Waals surface area contributed by atoms with Crippen LogP contribution in [0.2, 0.25) is 0 Å². The van der Waals surface area contributed by atoms with Crippen LogP contribution in [0.5, 0.6) is 0 Å². The van der Waals surface area contributed by atoms with E-state index in [0.717, 1.165) is 25.2 Å². The molecular weight excluding hydrogens is 224 g/mol. The van der Waals surface area contributed by atoms with Crippen LogP contribution in [0.25, 0.3) is 0 Å². The Labute approximate surface area is 110 Å². The summed E-state index contributed by atoms with van der Waals surface area (Å²) in [6, 6.07) is 0.601. The van der Waals surface area contributed by atoms with Crippen LogP contribution in [0.3, 0.4) is 0 Å². The molecule has 4 heteroatoms. The highest BCUT2D eigenvalue weighted by Gasteiger charge is 2.33. The third-order valence-corrected chi connectivity index (χ3v) is 4.16. The number of H-pyrrole nitrogens is 1. The zero-order valence-corrected chi connectivity index (χ0v) is 12.1. The predicted octanol–water partition coefficient (Wildman–Crippen LogP) is 1.69. The van der Waals surface area contributed by atoms with Crippen LogP contribution >= 0.6 is 0 Å². The minimum atomic E-state index is 0.238. The molecule has 0 aliphatic carbocycles. The van der Waals surface area contributed by atoms with Gasteiger partial charge in [0.05, 0.1) is 5.69 Å². The molecule has 1 aromatic heterocycles. The Morgan fingerprint density at radius 3 is 2.72 bits per heavy atom. The van der Waals surface area contributed by atoms with E-state index in [-0.39, 0.29) is 5.54 Å². The van der Waals surface area contributed by atoms with E-state index in [2.05, 4.69) is 48.5 Å². The smallest absolute Gasteiger partial charge is 0.0625 e. The Kier molecular flexibility index (Phi) is 4.07. The normalized spacial score (nSPS) is 22.6. The summed E-state index contributed by atoms with van der Waals surface area (Å²) in [5.74, 6) is 0. The van der Waals surface area contributed by atoms with Crippen molar-refractivity contribution in [3.63, 3.8) is 0 Å². The van der Waals surface area contributed by atoms with Crippen LogP contribution in [0, 0.1) is 13.8 Å². The van der Waals surface area contributed by atoms with E-state index in [4.69, 9.17) is 0 Å². The largest absolute Gasteiger partial charge is 0.312 e. The fraction of sp³-hybridized carbons (Fsp3) is 0.786. The van der Waals surface area contributed by atoms with Crippen molar-refractivity contribution in [3.8, 4) is 0 Å². The van der Waals surface area contributed by atoms with Crippen molar-refractivity contribution >= 4 is 0 Å². The van der Waals surface area contributed by atoms with Gasteiger partial charge >= 0.3 is 0 Å². The first kappa shape index (κ1) is 13.6. The highest BCUT2D eigenvalue weighted by atomic mass is 15.1. The molecule has 1 saturated heterocycles. The first-order chi connectivity index (χ1) is 8.50. The van der Waals surface area contributed by atoms with E-state index >= 15 is 0 Å². The summed E-state index contributed by atoms with van der Waals surface area (Å²) in [4.78, 5) is 0. The molecule has 1 aliphatic heterocycles. The first-order valence-corrected chi connectivity index (χ1v) is 6.99. The van der Waals surface area contributed by atoms with Crippen LogP contribution in [0.4, 0.5) is 0 Å². The molecule has 0 saturated carbocycles. The van der Waals surface area contributed by atoms with Crippen LogP contribution in [-0.2, 0) is 6.42 Å². The summed E-state index contributed by atoms with van der Waals surface area (Å²) < 4.78 is 0. The highest BCUT2D eigenvalue weighted by molar-refractivity contribution is 5.23. The Hall–Kier alpha value is -0.870. The van der Waals surface area contributed by atoms with Crippen molar-refractivity contribution in [1.82, 2.24) is 20.8 Å². The van der Waals surface area contributed by atoms with Crippen molar-refractivity contribution in [2.24, 2.45) is 0 Å². The molecule has 0 amide bonds. The Morgan fingerprint density at radius 1 is 1.39 bits per heavy atom. The molecule has 1 aromatic rings. The van der Waals surface area contributed by atoms with Gasteiger partial charge in [0.2, 0.25) is 0 Å². The van der Waals surface area contributed by atoms with Crippen molar-refractivity contribution in [3.05, 3.63) is 17.0 Å². The lowest BCUT2D eigenvalue weighted by molar-refractivity contribution is 0.350. The summed E-state index contributed by atoms with van der Waals surface area (Å²) in [5, 5.41) is 14.5. The molecule has 0 radical (unpaired) electrons. The van der Waals surface area contributed by atoms with Crippen molar-refractivity contribution < 1.29 is 0 Å². The molecule has 2 heterocycles. The third-order valence-electron chi connectivity index (χ3n) is 4.16. The van der Waals surface area contributed by atoms with Gasteiger partial charge < -0.3 is 10.6 Å². The quantitative estimate of drug-likeness (QED) is 0.697. The minimum Gasteiger partial charge on any atom is -0.312 e. The monoisotopic (exact) mass is 250 g/mol. The maximum absolute atomic E-state index is 4.24. The van der Waals surface area contributed by atoms with Crippen LogP contribution in [0.15, 0.2) is 0 Å². The van der Waals surface area contributed by atoms with Crippen LogP contribution in [0.1, 0.15) is 43.6 Å². The van der Waals surface area contributed by atoms with E-state index in [0.29, 0.717) is 6.04 Å². The average molecular weight is 250 g/mol. The number of aryl methyl sites for hydroxylation is 2. The fourth-order valence-electron chi connectivity index (χ4n) is 2.86. The lowest BCUT2D eigenvalue weighted by Crippen LogP contribution is -2.49. The second-order valence-electron chi connectivity index (χ2n) is 5.96. The number of aromatic amines is 1. The maximum Gasteiger partial charge on any atom is 0.0625 e. The second-order valence-corrected chi connectivity index (χ2v) is 5.96. The lowest BCUT2D eigenvalue weighted by Gasteiger charge is -2.28. The van der Waals surface area contributed by atoms with E-state index in [1.54, 1.807) is 0 Å². The summed E-state index contributed by atoms with van der Waals surface area (Å²) in [6.45, 7) is 11.0. The molecule has 4 nitrogen and oxygen atoms in total. The van der Waals surface area contributed by atoms with E-state index in [1.807, 2.05) is 0 Å². The topological polar surface area (TPSA) is 52.7 Å². The summed E-state index contributed by atoms with van der Waals surface area (Å²) in [6.07, 6.45) is 3.52. The number of nitrogens with one attached hydrogen (secondary N) is 3. The zero-order chi connectivity index (χ0) is 13.2. The van der Waals surface area contributed by atoms with Crippen molar-refractivity contribution in [2.45, 2.75) is 58.5 Å². The van der Waals surface area contributed by atoms with Gasteiger partial charge in [-0.2, -0.15) is 5.10 Å². The molecule has 102 valence electrons. The maximum atomic E-state index is 4.24. The van der Waals surface area contributed by atoms with Gasteiger partial charge in [0.1, 0.15) is 0 Å². The predicted molar refractivity (Wildman–Crippen MR) is 74.9 cm³/mol. The van der Waals surface area contributed by atoms with Gasteiger partial charge in [0.15, 0.2) is 0 Å². The number of rotatable bonds is 5. The summed E-state index contributed by atoms with van der Waals surface area (Å²) in [7, 11) is 0. The van der Waals surface area contributed by atoms with Gasteiger partial charge in [0, 0.05) is 17.3 Å². The van der Waals surface area contributed by atoms with Gasteiger partial charge in [-0.3, -0.25) is 5.10 Å². The molecule has 0 spiro atoms. The third kappa shape index (κ3) is 2.93. The van der Waals surface area contributed by atoms with Crippen LogP contribution < -0.4 is 10.6 Å². The Bertz CT molecular complexity index is 375. The Morgan fingerprint density at radius 2 is 2.17 bits per heavy atom. The highest BCUT2D eigenvalue weighted by Crippen LogP contribution is 2.18. The van der Waals surface area contributed by atoms with Gasteiger partial charge in [-0.05, 0) is 65.6 Å². The van der Waals surface area contributed by atoms with Gasteiger partial charge in [-0.15, -0.1) is 0 Å². The average Bonchev–Trinajstić information content (AvgIpc) is 2.79. The first-order valence-electron chi connectivity index (χ1n) is 6.99. The molecule has 1 aliphatic rings. The van der Waals surface area contributed by atoms with Crippen LogP contribution in [-0.4, -0.2) is 34.9 Å². The fourth-order valence-corrected chi connectivity index (χ4v) is 2.86. The zero-order valence-electron chi connectivity index (χ0n) is 12.1. The summed E-state index contributed by atoms with van der Waals surface area (Å²) in [5.41, 5.74) is 3.99.